The summed E-state index contributed by atoms with van der Waals surface area (Å²) in [6.45, 7) is 11.7. The lowest BCUT2D eigenvalue weighted by Crippen LogP contribution is -2.39. The van der Waals surface area contributed by atoms with E-state index in [-0.39, 0.29) is 11.5 Å². The molecule has 0 radical (unpaired) electrons. The molecule has 0 fully saturated rings. The second-order valence-electron chi connectivity index (χ2n) is 6.48. The first-order chi connectivity index (χ1) is 8.09. The largest absolute Gasteiger partial charge is 0.444 e. The minimum absolute atomic E-state index is 0.124. The van der Waals surface area contributed by atoms with Crippen LogP contribution in [0.4, 0.5) is 4.79 Å². The van der Waals surface area contributed by atoms with Crippen LogP contribution in [-0.4, -0.2) is 21.9 Å². The van der Waals surface area contributed by atoms with Gasteiger partial charge in [0.15, 0.2) is 0 Å². The molecule has 1 amide bonds. The number of hydrogen-bond donors (Lipinski definition) is 2. The Balaban J connectivity index is 2.79. The van der Waals surface area contributed by atoms with Gasteiger partial charge in [0.2, 0.25) is 0 Å². The highest BCUT2D eigenvalue weighted by Crippen LogP contribution is 2.32. The summed E-state index contributed by atoms with van der Waals surface area (Å²) in [6.07, 6.45) is 3.09. The molecule has 1 aromatic heterocycles. The molecule has 5 nitrogen and oxygen atoms in total. The number of aromatic amines is 1. The van der Waals surface area contributed by atoms with Crippen molar-refractivity contribution in [2.75, 3.05) is 0 Å². The van der Waals surface area contributed by atoms with E-state index in [2.05, 4.69) is 36.3 Å². The summed E-state index contributed by atoms with van der Waals surface area (Å²) in [6, 6.07) is -0.147. The van der Waals surface area contributed by atoms with Crippen LogP contribution in [0.25, 0.3) is 0 Å². The number of nitrogens with one attached hydrogen (secondary N) is 2. The zero-order valence-corrected chi connectivity index (χ0v) is 12.0. The fourth-order valence-corrected chi connectivity index (χ4v) is 1.64. The van der Waals surface area contributed by atoms with Crippen LogP contribution in [0, 0.1) is 5.41 Å². The van der Waals surface area contributed by atoms with Crippen LogP contribution < -0.4 is 5.32 Å². The molecule has 0 aromatic carbocycles. The summed E-state index contributed by atoms with van der Waals surface area (Å²) < 4.78 is 5.28. The lowest BCUT2D eigenvalue weighted by atomic mass is 9.83. The van der Waals surface area contributed by atoms with Crippen LogP contribution in [0.1, 0.15) is 53.1 Å². The van der Waals surface area contributed by atoms with Gasteiger partial charge in [0.25, 0.3) is 0 Å². The molecule has 102 valence electrons. The first kappa shape index (κ1) is 14.5. The summed E-state index contributed by atoms with van der Waals surface area (Å²) in [5.41, 5.74) is 0.317. The smallest absolute Gasteiger partial charge is 0.408 e. The molecule has 0 bridgehead atoms. The van der Waals surface area contributed by atoms with Crippen LogP contribution in [-0.2, 0) is 4.74 Å². The third-order valence-electron chi connectivity index (χ3n) is 2.38. The quantitative estimate of drug-likeness (QED) is 0.851. The number of carbonyl (C=O) groups excluding carboxylic acids is 1. The van der Waals surface area contributed by atoms with Crippen LogP contribution in [0.5, 0.6) is 0 Å². The number of hydrogen-bond acceptors (Lipinski definition) is 3. The molecule has 1 atom stereocenters. The second-order valence-corrected chi connectivity index (χ2v) is 6.48. The summed E-state index contributed by atoms with van der Waals surface area (Å²) in [5.74, 6) is 0. The van der Waals surface area contributed by atoms with Crippen molar-refractivity contribution in [2.45, 2.75) is 53.2 Å². The predicted molar refractivity (Wildman–Crippen MR) is 70.2 cm³/mol. The second kappa shape index (κ2) is 5.00. The van der Waals surface area contributed by atoms with Crippen LogP contribution in [0.2, 0.25) is 0 Å². The molecule has 18 heavy (non-hydrogen) atoms. The zero-order chi connectivity index (χ0) is 14.0. The van der Waals surface area contributed by atoms with Gasteiger partial charge in [-0.3, -0.25) is 5.10 Å². The predicted octanol–water partition coefficient (Wildman–Crippen LogP) is 3.02. The molecule has 0 spiro atoms. The monoisotopic (exact) mass is 253 g/mol. The Kier molecular flexibility index (Phi) is 4.04. The van der Waals surface area contributed by atoms with E-state index in [1.165, 1.54) is 0 Å². The maximum atomic E-state index is 11.8. The standard InChI is InChI=1S/C13H23N3O2/c1-12(2,3)10(9-7-14-15-8-9)16-11(17)18-13(4,5)6/h7-8,10H,1-6H3,(H,14,15)(H,16,17). The Morgan fingerprint density at radius 2 is 1.94 bits per heavy atom. The molecular formula is C13H23N3O2. The molecule has 1 rings (SSSR count). The van der Waals surface area contributed by atoms with Gasteiger partial charge in [-0.2, -0.15) is 5.10 Å². The number of carbonyl (C=O) groups is 1. The minimum Gasteiger partial charge on any atom is -0.444 e. The van der Waals surface area contributed by atoms with Crippen LogP contribution >= 0.6 is 0 Å². The van der Waals surface area contributed by atoms with Gasteiger partial charge in [-0.05, 0) is 26.2 Å². The molecule has 2 N–H and O–H groups in total. The molecular weight excluding hydrogens is 230 g/mol. The molecule has 0 aliphatic rings. The van der Waals surface area contributed by atoms with E-state index in [0.717, 1.165) is 5.56 Å². The van der Waals surface area contributed by atoms with Gasteiger partial charge < -0.3 is 10.1 Å². The molecule has 0 aliphatic carbocycles. The maximum absolute atomic E-state index is 11.8. The van der Waals surface area contributed by atoms with E-state index in [1.807, 2.05) is 20.8 Å². The van der Waals surface area contributed by atoms with E-state index in [1.54, 1.807) is 12.4 Å². The molecule has 1 aromatic rings. The number of alkyl carbamates (subject to hydrolysis) is 1. The third kappa shape index (κ3) is 4.39. The fourth-order valence-electron chi connectivity index (χ4n) is 1.64. The maximum Gasteiger partial charge on any atom is 0.408 e. The van der Waals surface area contributed by atoms with Crippen molar-refractivity contribution in [3.8, 4) is 0 Å². The lowest BCUT2D eigenvalue weighted by molar-refractivity contribution is 0.0463. The number of nitrogens with zero attached hydrogens (tertiary/aromatic N) is 1. The molecule has 1 heterocycles. The van der Waals surface area contributed by atoms with Gasteiger partial charge in [-0.25, -0.2) is 4.79 Å². The number of ether oxygens (including phenoxy) is 1. The first-order valence-electron chi connectivity index (χ1n) is 6.08. The van der Waals surface area contributed by atoms with E-state index < -0.39 is 11.7 Å². The highest BCUT2D eigenvalue weighted by Gasteiger charge is 2.30. The SMILES string of the molecule is CC(C)(C)OC(=O)NC(c1cn[nH]c1)C(C)(C)C. The summed E-state index contributed by atoms with van der Waals surface area (Å²) >= 11 is 0. The van der Waals surface area contributed by atoms with Gasteiger partial charge in [0.05, 0.1) is 12.2 Å². The molecule has 0 saturated heterocycles. The Morgan fingerprint density at radius 1 is 1.33 bits per heavy atom. The minimum atomic E-state index is -0.497. The highest BCUT2D eigenvalue weighted by atomic mass is 16.6. The van der Waals surface area contributed by atoms with Crippen molar-refractivity contribution in [3.05, 3.63) is 18.0 Å². The third-order valence-corrected chi connectivity index (χ3v) is 2.38. The average Bonchev–Trinajstić information content (AvgIpc) is 2.61. The van der Waals surface area contributed by atoms with Crippen molar-refractivity contribution in [2.24, 2.45) is 5.41 Å². The Morgan fingerprint density at radius 3 is 2.33 bits per heavy atom. The van der Waals surface area contributed by atoms with E-state index in [4.69, 9.17) is 4.74 Å². The van der Waals surface area contributed by atoms with Crippen molar-refractivity contribution in [1.82, 2.24) is 15.5 Å². The van der Waals surface area contributed by atoms with Gasteiger partial charge in [0.1, 0.15) is 5.60 Å². The average molecular weight is 253 g/mol. The number of rotatable bonds is 2. The molecule has 5 heteroatoms. The number of aromatic nitrogens is 2. The number of H-pyrrole nitrogens is 1. The lowest BCUT2D eigenvalue weighted by Gasteiger charge is -2.31. The summed E-state index contributed by atoms with van der Waals surface area (Å²) in [5, 5.41) is 9.58. The normalized spacial score (nSPS) is 14.1. The van der Waals surface area contributed by atoms with Crippen LogP contribution in [0.15, 0.2) is 12.4 Å². The topological polar surface area (TPSA) is 67.0 Å². The summed E-state index contributed by atoms with van der Waals surface area (Å²) in [7, 11) is 0. The van der Waals surface area contributed by atoms with Crippen molar-refractivity contribution in [1.29, 1.82) is 0 Å². The Hall–Kier alpha value is -1.52. The Bertz CT molecular complexity index is 385. The van der Waals surface area contributed by atoms with Gasteiger partial charge >= 0.3 is 6.09 Å². The zero-order valence-electron chi connectivity index (χ0n) is 12.0. The highest BCUT2D eigenvalue weighted by molar-refractivity contribution is 5.68. The van der Waals surface area contributed by atoms with Gasteiger partial charge in [-0.1, -0.05) is 20.8 Å². The first-order valence-corrected chi connectivity index (χ1v) is 6.08. The van der Waals surface area contributed by atoms with Crippen molar-refractivity contribution >= 4 is 6.09 Å². The Labute approximate surface area is 108 Å². The van der Waals surface area contributed by atoms with E-state index >= 15 is 0 Å². The molecule has 0 aliphatic heterocycles. The van der Waals surface area contributed by atoms with E-state index in [0.29, 0.717) is 0 Å². The van der Waals surface area contributed by atoms with Crippen molar-refractivity contribution < 1.29 is 9.53 Å². The molecule has 0 saturated carbocycles. The van der Waals surface area contributed by atoms with Gasteiger partial charge in [0, 0.05) is 11.8 Å². The fraction of sp³-hybridized carbons (Fsp3) is 0.692. The van der Waals surface area contributed by atoms with Crippen molar-refractivity contribution in [3.63, 3.8) is 0 Å². The van der Waals surface area contributed by atoms with E-state index in [9.17, 15) is 4.79 Å². The number of amides is 1. The molecule has 1 unspecified atom stereocenters. The summed E-state index contributed by atoms with van der Waals surface area (Å²) in [4.78, 5) is 11.8. The van der Waals surface area contributed by atoms with Gasteiger partial charge in [-0.15, -0.1) is 0 Å². The van der Waals surface area contributed by atoms with Crippen LogP contribution in [0.3, 0.4) is 0 Å².